The van der Waals surface area contributed by atoms with Crippen LogP contribution in [0, 0.1) is 11.8 Å². The molecule has 0 radical (unpaired) electrons. The largest absolute Gasteiger partial charge is 0.459 e. The molecular formula is C16H13NO3. The predicted octanol–water partition coefficient (Wildman–Crippen LogP) is 2.59. The summed E-state index contributed by atoms with van der Waals surface area (Å²) in [7, 11) is 1.29. The summed E-state index contributed by atoms with van der Waals surface area (Å²) in [6.07, 6.45) is 0. The minimum atomic E-state index is -0.563. The summed E-state index contributed by atoms with van der Waals surface area (Å²) in [5.74, 6) is 5.87. The van der Waals surface area contributed by atoms with E-state index in [1.807, 2.05) is 0 Å². The van der Waals surface area contributed by atoms with E-state index in [0.717, 1.165) is 0 Å². The Bertz CT molecular complexity index is 649. The van der Waals surface area contributed by atoms with Crippen molar-refractivity contribution in [1.82, 2.24) is 0 Å². The van der Waals surface area contributed by atoms with Crippen molar-refractivity contribution in [2.75, 3.05) is 12.8 Å². The second-order valence-electron chi connectivity index (χ2n) is 3.94. The van der Waals surface area contributed by atoms with E-state index in [2.05, 4.69) is 16.6 Å². The second kappa shape index (κ2) is 6.30. The van der Waals surface area contributed by atoms with Gasteiger partial charge in [-0.05, 0) is 48.5 Å². The van der Waals surface area contributed by atoms with Crippen LogP contribution in [0.1, 0.15) is 5.56 Å². The zero-order valence-electron chi connectivity index (χ0n) is 10.9. The molecule has 4 heteroatoms. The van der Waals surface area contributed by atoms with Gasteiger partial charge in [0.25, 0.3) is 0 Å². The van der Waals surface area contributed by atoms with Gasteiger partial charge in [0.05, 0.1) is 7.11 Å². The Balaban J connectivity index is 2.06. The minimum Gasteiger partial charge on any atom is -0.459 e. The van der Waals surface area contributed by atoms with Crippen molar-refractivity contribution in [1.29, 1.82) is 0 Å². The minimum absolute atomic E-state index is 0.563. The summed E-state index contributed by atoms with van der Waals surface area (Å²) < 4.78 is 10.1. The van der Waals surface area contributed by atoms with E-state index in [9.17, 15) is 4.79 Å². The van der Waals surface area contributed by atoms with Gasteiger partial charge in [-0.2, -0.15) is 0 Å². The third-order valence-electron chi connectivity index (χ3n) is 2.46. The maximum atomic E-state index is 10.9. The molecule has 0 aliphatic carbocycles. The number of benzene rings is 2. The fourth-order valence-corrected chi connectivity index (χ4v) is 1.45. The number of nitrogens with two attached hydrogens (primary N) is 1. The molecule has 0 saturated heterocycles. The Kier molecular flexibility index (Phi) is 4.25. The molecule has 2 N–H and O–H groups in total. The number of hydrogen-bond acceptors (Lipinski definition) is 4. The molecule has 2 aromatic carbocycles. The van der Waals surface area contributed by atoms with Crippen molar-refractivity contribution < 1.29 is 14.3 Å². The third-order valence-corrected chi connectivity index (χ3v) is 2.46. The lowest BCUT2D eigenvalue weighted by Crippen LogP contribution is -1.94. The van der Waals surface area contributed by atoms with Crippen LogP contribution in [0.4, 0.5) is 5.69 Å². The van der Waals surface area contributed by atoms with Crippen molar-refractivity contribution >= 4 is 11.7 Å². The Hall–Kier alpha value is -2.93. The van der Waals surface area contributed by atoms with E-state index in [1.165, 1.54) is 7.11 Å². The summed E-state index contributed by atoms with van der Waals surface area (Å²) in [6, 6.07) is 14.2. The van der Waals surface area contributed by atoms with Crippen molar-refractivity contribution in [3.05, 3.63) is 54.1 Å². The number of ether oxygens (including phenoxy) is 2. The van der Waals surface area contributed by atoms with Gasteiger partial charge in [0.2, 0.25) is 0 Å². The number of anilines is 1. The number of carbonyl (C=O) groups is 1. The van der Waals surface area contributed by atoms with Gasteiger partial charge >= 0.3 is 5.97 Å². The van der Waals surface area contributed by atoms with Crippen LogP contribution < -0.4 is 10.5 Å². The Morgan fingerprint density at radius 1 is 1.00 bits per heavy atom. The van der Waals surface area contributed by atoms with E-state index in [0.29, 0.717) is 22.7 Å². The van der Waals surface area contributed by atoms with Crippen molar-refractivity contribution in [3.8, 4) is 23.3 Å². The molecular weight excluding hydrogens is 254 g/mol. The van der Waals surface area contributed by atoms with Gasteiger partial charge in [0, 0.05) is 17.2 Å². The molecule has 2 rings (SSSR count). The molecule has 0 saturated carbocycles. The molecule has 0 aliphatic rings. The lowest BCUT2D eigenvalue weighted by Gasteiger charge is -2.05. The standard InChI is InChI=1S/C16H13NO3/c1-19-16(18)11-4-12-2-7-14(8-3-12)20-15-9-5-13(17)6-10-15/h2-3,5-10H,17H2,1H3. The van der Waals surface area contributed by atoms with Gasteiger partial charge in [0.15, 0.2) is 0 Å². The van der Waals surface area contributed by atoms with E-state index in [1.54, 1.807) is 48.5 Å². The summed E-state index contributed by atoms with van der Waals surface area (Å²) in [4.78, 5) is 10.9. The number of nitrogen functional groups attached to an aromatic ring is 1. The fourth-order valence-electron chi connectivity index (χ4n) is 1.45. The van der Waals surface area contributed by atoms with E-state index >= 15 is 0 Å². The number of carbonyl (C=O) groups excluding carboxylic acids is 1. The first-order valence-corrected chi connectivity index (χ1v) is 5.91. The van der Waals surface area contributed by atoms with Crippen LogP contribution in [0.15, 0.2) is 48.5 Å². The van der Waals surface area contributed by atoms with Crippen molar-refractivity contribution in [2.24, 2.45) is 0 Å². The number of esters is 1. The summed E-state index contributed by atoms with van der Waals surface area (Å²) in [6.45, 7) is 0. The molecule has 0 bridgehead atoms. The van der Waals surface area contributed by atoms with Crippen LogP contribution in [0.3, 0.4) is 0 Å². The molecule has 0 fully saturated rings. The highest BCUT2D eigenvalue weighted by atomic mass is 16.5. The first-order chi connectivity index (χ1) is 9.67. The molecule has 0 amide bonds. The SMILES string of the molecule is COC(=O)C#Cc1ccc(Oc2ccc(N)cc2)cc1. The zero-order valence-corrected chi connectivity index (χ0v) is 10.9. The van der Waals surface area contributed by atoms with Gasteiger partial charge in [-0.15, -0.1) is 0 Å². The second-order valence-corrected chi connectivity index (χ2v) is 3.94. The molecule has 0 aliphatic heterocycles. The Morgan fingerprint density at radius 2 is 1.55 bits per heavy atom. The molecule has 2 aromatic rings. The summed E-state index contributed by atoms with van der Waals surface area (Å²) in [5, 5.41) is 0. The molecule has 0 unspecified atom stereocenters. The normalized spacial score (nSPS) is 9.25. The molecule has 0 spiro atoms. The van der Waals surface area contributed by atoms with E-state index in [4.69, 9.17) is 10.5 Å². The summed E-state index contributed by atoms with van der Waals surface area (Å²) in [5.41, 5.74) is 6.99. The van der Waals surface area contributed by atoms with E-state index in [-0.39, 0.29) is 0 Å². The first-order valence-electron chi connectivity index (χ1n) is 5.91. The molecule has 0 heterocycles. The Labute approximate surface area is 117 Å². The van der Waals surface area contributed by atoms with E-state index < -0.39 is 5.97 Å². The average Bonchev–Trinajstić information content (AvgIpc) is 2.48. The van der Waals surface area contributed by atoms with Crippen LogP contribution in [-0.4, -0.2) is 13.1 Å². The highest BCUT2D eigenvalue weighted by molar-refractivity contribution is 5.88. The molecule has 100 valence electrons. The van der Waals surface area contributed by atoms with Crippen LogP contribution in [0.5, 0.6) is 11.5 Å². The predicted molar refractivity (Wildman–Crippen MR) is 76.3 cm³/mol. The monoisotopic (exact) mass is 267 g/mol. The molecule has 4 nitrogen and oxygen atoms in total. The topological polar surface area (TPSA) is 61.5 Å². The maximum absolute atomic E-state index is 10.9. The lowest BCUT2D eigenvalue weighted by molar-refractivity contribution is -0.133. The quantitative estimate of drug-likeness (QED) is 0.516. The van der Waals surface area contributed by atoms with Gasteiger partial charge in [0.1, 0.15) is 11.5 Å². The molecule has 20 heavy (non-hydrogen) atoms. The lowest BCUT2D eigenvalue weighted by atomic mass is 10.2. The van der Waals surface area contributed by atoms with Gasteiger partial charge in [-0.1, -0.05) is 5.92 Å². The smallest absolute Gasteiger partial charge is 0.384 e. The van der Waals surface area contributed by atoms with Crippen LogP contribution in [0.2, 0.25) is 0 Å². The number of methoxy groups -OCH3 is 1. The van der Waals surface area contributed by atoms with Gasteiger partial charge in [-0.25, -0.2) is 4.79 Å². The number of rotatable bonds is 2. The van der Waals surface area contributed by atoms with Crippen molar-refractivity contribution in [3.63, 3.8) is 0 Å². The first kappa shape index (κ1) is 13.5. The van der Waals surface area contributed by atoms with Crippen LogP contribution in [-0.2, 0) is 9.53 Å². The molecule has 0 aromatic heterocycles. The van der Waals surface area contributed by atoms with Gasteiger partial charge < -0.3 is 15.2 Å². The highest BCUT2D eigenvalue weighted by Gasteiger charge is 1.97. The Morgan fingerprint density at radius 3 is 2.10 bits per heavy atom. The third kappa shape index (κ3) is 3.79. The summed E-state index contributed by atoms with van der Waals surface area (Å²) >= 11 is 0. The maximum Gasteiger partial charge on any atom is 0.384 e. The average molecular weight is 267 g/mol. The number of hydrogen-bond donors (Lipinski definition) is 1. The highest BCUT2D eigenvalue weighted by Crippen LogP contribution is 2.22. The van der Waals surface area contributed by atoms with Gasteiger partial charge in [-0.3, -0.25) is 0 Å². The zero-order chi connectivity index (χ0) is 14.4. The molecule has 0 atom stereocenters. The van der Waals surface area contributed by atoms with Crippen LogP contribution in [0.25, 0.3) is 0 Å². The van der Waals surface area contributed by atoms with Crippen LogP contribution >= 0.6 is 0 Å². The van der Waals surface area contributed by atoms with Crippen molar-refractivity contribution in [2.45, 2.75) is 0 Å². The fraction of sp³-hybridized carbons (Fsp3) is 0.0625.